The van der Waals surface area contributed by atoms with Crippen molar-refractivity contribution < 1.29 is 14.3 Å². The van der Waals surface area contributed by atoms with Crippen LogP contribution in [0, 0.1) is 5.92 Å². The van der Waals surface area contributed by atoms with Gasteiger partial charge in [-0.25, -0.2) is 4.79 Å². The van der Waals surface area contributed by atoms with Gasteiger partial charge in [0.2, 0.25) is 5.91 Å². The highest BCUT2D eigenvalue weighted by atomic mass is 16.6. The average molecular weight is 361 g/mol. The van der Waals surface area contributed by atoms with Gasteiger partial charge in [0.15, 0.2) is 0 Å². The van der Waals surface area contributed by atoms with Crippen LogP contribution in [-0.2, 0) is 16.1 Å². The number of nitrogens with one attached hydrogen (secondary N) is 1. The standard InChI is InChI=1S/C20H31N3O3/c1-15(2)17(22-19(25)26-20(3,4)5)18(24)23(13-12-21-6)14-16-10-8-7-9-11-16/h7-11,15,17H,6,12-14H2,1-5H3,(H,22,25)/t17-/m0/s1. The van der Waals surface area contributed by atoms with Gasteiger partial charge in [-0.15, -0.1) is 0 Å². The largest absolute Gasteiger partial charge is 0.444 e. The molecule has 0 fully saturated rings. The molecule has 0 aliphatic carbocycles. The molecule has 1 aromatic carbocycles. The van der Waals surface area contributed by atoms with Gasteiger partial charge in [-0.05, 0) is 39.0 Å². The van der Waals surface area contributed by atoms with Gasteiger partial charge in [-0.3, -0.25) is 9.79 Å². The third-order valence-electron chi connectivity index (χ3n) is 3.66. The summed E-state index contributed by atoms with van der Waals surface area (Å²) in [7, 11) is 0. The Morgan fingerprint density at radius 1 is 1.23 bits per heavy atom. The van der Waals surface area contributed by atoms with Crippen LogP contribution in [-0.4, -0.2) is 48.4 Å². The van der Waals surface area contributed by atoms with Gasteiger partial charge in [-0.1, -0.05) is 44.2 Å². The Bertz CT molecular complexity index is 594. The lowest BCUT2D eigenvalue weighted by molar-refractivity contribution is -0.135. The Morgan fingerprint density at radius 2 is 1.85 bits per heavy atom. The lowest BCUT2D eigenvalue weighted by Gasteiger charge is -2.30. The number of nitrogens with zero attached hydrogens (tertiary/aromatic N) is 2. The molecule has 1 aromatic rings. The molecule has 0 radical (unpaired) electrons. The summed E-state index contributed by atoms with van der Waals surface area (Å²) >= 11 is 0. The molecule has 144 valence electrons. The molecule has 1 N–H and O–H groups in total. The fourth-order valence-electron chi connectivity index (χ4n) is 2.41. The van der Waals surface area contributed by atoms with Crippen LogP contribution in [0.15, 0.2) is 35.3 Å². The molecule has 2 amide bonds. The minimum atomic E-state index is -0.668. The number of carbonyl (C=O) groups is 2. The molecule has 0 saturated carbocycles. The predicted octanol–water partition coefficient (Wildman–Crippen LogP) is 3.27. The van der Waals surface area contributed by atoms with E-state index in [1.54, 1.807) is 25.7 Å². The summed E-state index contributed by atoms with van der Waals surface area (Å²) in [6, 6.07) is 9.06. The number of hydrogen-bond acceptors (Lipinski definition) is 4. The van der Waals surface area contributed by atoms with Gasteiger partial charge in [0, 0.05) is 13.1 Å². The van der Waals surface area contributed by atoms with E-state index in [4.69, 9.17) is 4.74 Å². The van der Waals surface area contributed by atoms with Crippen molar-refractivity contribution in [3.63, 3.8) is 0 Å². The minimum absolute atomic E-state index is 0.0787. The zero-order valence-electron chi connectivity index (χ0n) is 16.5. The predicted molar refractivity (Wildman–Crippen MR) is 104 cm³/mol. The van der Waals surface area contributed by atoms with E-state index in [2.05, 4.69) is 17.0 Å². The Labute approximate surface area is 156 Å². The molecule has 26 heavy (non-hydrogen) atoms. The average Bonchev–Trinajstić information content (AvgIpc) is 2.55. The summed E-state index contributed by atoms with van der Waals surface area (Å²) in [6.45, 7) is 14.0. The topological polar surface area (TPSA) is 71.0 Å². The fourth-order valence-corrected chi connectivity index (χ4v) is 2.41. The third kappa shape index (κ3) is 7.68. The third-order valence-corrected chi connectivity index (χ3v) is 3.66. The van der Waals surface area contributed by atoms with Crippen LogP contribution >= 0.6 is 0 Å². The van der Waals surface area contributed by atoms with Gasteiger partial charge in [-0.2, -0.15) is 0 Å². The Hall–Kier alpha value is -2.37. The van der Waals surface area contributed by atoms with E-state index in [-0.39, 0.29) is 11.8 Å². The summed E-state index contributed by atoms with van der Waals surface area (Å²) < 4.78 is 5.30. The second-order valence-corrected chi connectivity index (χ2v) is 7.56. The van der Waals surface area contributed by atoms with E-state index < -0.39 is 17.7 Å². The number of ether oxygens (including phenoxy) is 1. The molecule has 6 heteroatoms. The SMILES string of the molecule is C=NCCN(Cc1ccccc1)C(=O)[C@@H](NC(=O)OC(C)(C)C)C(C)C. The fraction of sp³-hybridized carbons (Fsp3) is 0.550. The van der Waals surface area contributed by atoms with E-state index in [1.165, 1.54) is 0 Å². The van der Waals surface area contributed by atoms with Gasteiger partial charge >= 0.3 is 6.09 Å². The molecule has 0 bridgehead atoms. The molecular weight excluding hydrogens is 330 g/mol. The van der Waals surface area contributed by atoms with Gasteiger partial charge in [0.1, 0.15) is 11.6 Å². The van der Waals surface area contributed by atoms with Crippen LogP contribution < -0.4 is 5.32 Å². The van der Waals surface area contributed by atoms with Crippen molar-refractivity contribution in [2.45, 2.75) is 52.8 Å². The first kappa shape index (κ1) is 21.7. The van der Waals surface area contributed by atoms with Crippen molar-refractivity contribution in [1.29, 1.82) is 0 Å². The molecule has 0 spiro atoms. The first-order valence-electron chi connectivity index (χ1n) is 8.88. The summed E-state index contributed by atoms with van der Waals surface area (Å²) in [6.07, 6.45) is -0.592. The second-order valence-electron chi connectivity index (χ2n) is 7.56. The lowest BCUT2D eigenvalue weighted by Crippen LogP contribution is -2.52. The summed E-state index contributed by atoms with van der Waals surface area (Å²) in [5, 5.41) is 2.72. The molecule has 1 atom stereocenters. The Kier molecular flexibility index (Phi) is 8.29. The van der Waals surface area contributed by atoms with Gasteiger partial charge < -0.3 is 15.0 Å². The van der Waals surface area contributed by atoms with Crippen molar-refractivity contribution in [1.82, 2.24) is 10.2 Å². The Balaban J connectivity index is 2.91. The first-order valence-corrected chi connectivity index (χ1v) is 8.88. The number of amides is 2. The van der Waals surface area contributed by atoms with Crippen LogP contribution in [0.5, 0.6) is 0 Å². The molecule has 0 aliphatic rings. The van der Waals surface area contributed by atoms with Crippen molar-refractivity contribution in [2.75, 3.05) is 13.1 Å². The number of rotatable bonds is 8. The molecular formula is C20H31N3O3. The molecule has 0 aromatic heterocycles. The van der Waals surface area contributed by atoms with Crippen LogP contribution in [0.3, 0.4) is 0 Å². The molecule has 0 heterocycles. The monoisotopic (exact) mass is 361 g/mol. The van der Waals surface area contributed by atoms with Crippen LogP contribution in [0.4, 0.5) is 4.79 Å². The first-order chi connectivity index (χ1) is 12.1. The maximum atomic E-state index is 13.1. The van der Waals surface area contributed by atoms with Gasteiger partial charge in [0.25, 0.3) is 0 Å². The highest BCUT2D eigenvalue weighted by Gasteiger charge is 2.30. The molecule has 6 nitrogen and oxygen atoms in total. The van der Waals surface area contributed by atoms with E-state index in [0.717, 1.165) is 5.56 Å². The summed E-state index contributed by atoms with van der Waals surface area (Å²) in [5.41, 5.74) is 0.398. The van der Waals surface area contributed by atoms with Crippen molar-refractivity contribution in [2.24, 2.45) is 10.9 Å². The van der Waals surface area contributed by atoms with Crippen LogP contribution in [0.2, 0.25) is 0 Å². The highest BCUT2D eigenvalue weighted by molar-refractivity contribution is 5.86. The van der Waals surface area contributed by atoms with Crippen molar-refractivity contribution in [3.8, 4) is 0 Å². The van der Waals surface area contributed by atoms with E-state index in [1.807, 2.05) is 44.2 Å². The smallest absolute Gasteiger partial charge is 0.408 e. The van der Waals surface area contributed by atoms with Gasteiger partial charge in [0.05, 0.1) is 6.54 Å². The maximum Gasteiger partial charge on any atom is 0.408 e. The van der Waals surface area contributed by atoms with E-state index in [0.29, 0.717) is 19.6 Å². The molecule has 0 unspecified atom stereocenters. The number of aliphatic imine (C=N–C) groups is 1. The number of alkyl carbamates (subject to hydrolysis) is 1. The summed E-state index contributed by atoms with van der Waals surface area (Å²) in [4.78, 5) is 30.8. The Morgan fingerprint density at radius 3 is 2.35 bits per heavy atom. The quantitative estimate of drug-likeness (QED) is 0.723. The zero-order valence-corrected chi connectivity index (χ0v) is 16.5. The van der Waals surface area contributed by atoms with E-state index in [9.17, 15) is 9.59 Å². The highest BCUT2D eigenvalue weighted by Crippen LogP contribution is 2.13. The van der Waals surface area contributed by atoms with E-state index >= 15 is 0 Å². The number of carbonyl (C=O) groups excluding carboxylic acids is 2. The summed E-state index contributed by atoms with van der Waals surface area (Å²) in [5.74, 6) is -0.233. The second kappa shape index (κ2) is 9.94. The number of hydrogen-bond donors (Lipinski definition) is 1. The van der Waals surface area contributed by atoms with Crippen LogP contribution in [0.1, 0.15) is 40.2 Å². The molecule has 0 saturated heterocycles. The lowest BCUT2D eigenvalue weighted by atomic mass is 10.0. The van der Waals surface area contributed by atoms with Crippen molar-refractivity contribution >= 4 is 18.7 Å². The number of benzene rings is 1. The minimum Gasteiger partial charge on any atom is -0.444 e. The van der Waals surface area contributed by atoms with Crippen molar-refractivity contribution in [3.05, 3.63) is 35.9 Å². The zero-order chi connectivity index (χ0) is 19.7. The van der Waals surface area contributed by atoms with Crippen LogP contribution in [0.25, 0.3) is 0 Å². The molecule has 1 rings (SSSR count). The maximum absolute atomic E-state index is 13.1. The normalized spacial score (nSPS) is 12.4. The molecule has 0 aliphatic heterocycles.